The fourth-order valence-corrected chi connectivity index (χ4v) is 3.25. The number of urea groups is 1. The lowest BCUT2D eigenvalue weighted by atomic mass is 9.71. The van der Waals surface area contributed by atoms with Crippen LogP contribution in [0.4, 0.5) is 10.5 Å². The highest BCUT2D eigenvalue weighted by atomic mass is 16.3. The number of piperidine rings is 1. The number of carbonyl (C=O) groups is 1. The van der Waals surface area contributed by atoms with Gasteiger partial charge in [-0.2, -0.15) is 0 Å². The zero-order chi connectivity index (χ0) is 18.1. The molecule has 3 rings (SSSR count). The van der Waals surface area contributed by atoms with Gasteiger partial charge in [0.15, 0.2) is 0 Å². The van der Waals surface area contributed by atoms with E-state index in [0.717, 1.165) is 16.8 Å². The van der Waals surface area contributed by atoms with E-state index in [1.807, 2.05) is 75.4 Å². The van der Waals surface area contributed by atoms with Crippen LogP contribution in [0.25, 0.3) is 11.1 Å². The van der Waals surface area contributed by atoms with E-state index in [1.54, 1.807) is 4.90 Å². The van der Waals surface area contributed by atoms with Crippen LogP contribution in [-0.4, -0.2) is 34.7 Å². The normalized spacial score (nSPS) is 22.5. The number of para-hydroxylation sites is 1. The molecular formula is C21H26N2O2. The Morgan fingerprint density at radius 2 is 1.68 bits per heavy atom. The summed E-state index contributed by atoms with van der Waals surface area (Å²) in [4.78, 5) is 14.6. The number of hydrogen-bond acceptors (Lipinski definition) is 2. The van der Waals surface area contributed by atoms with Crippen molar-refractivity contribution in [3.05, 3.63) is 54.6 Å². The van der Waals surface area contributed by atoms with Gasteiger partial charge in [0.05, 0.1) is 11.3 Å². The molecular weight excluding hydrogens is 312 g/mol. The molecule has 0 radical (unpaired) electrons. The molecule has 2 aromatic rings. The molecule has 1 atom stereocenters. The molecule has 2 N–H and O–H groups in total. The minimum Gasteiger partial charge on any atom is -0.389 e. The van der Waals surface area contributed by atoms with Crippen LogP contribution in [0.15, 0.2) is 54.6 Å². The van der Waals surface area contributed by atoms with Crippen molar-refractivity contribution in [2.45, 2.75) is 32.8 Å². The Kier molecular flexibility index (Phi) is 4.56. The van der Waals surface area contributed by atoms with E-state index in [9.17, 15) is 9.90 Å². The number of hydrogen-bond donors (Lipinski definition) is 2. The second kappa shape index (κ2) is 6.52. The molecule has 1 heterocycles. The Labute approximate surface area is 149 Å². The van der Waals surface area contributed by atoms with Crippen molar-refractivity contribution in [2.24, 2.45) is 5.41 Å². The van der Waals surface area contributed by atoms with Gasteiger partial charge >= 0.3 is 6.03 Å². The van der Waals surface area contributed by atoms with Crippen molar-refractivity contribution >= 4 is 11.7 Å². The molecule has 2 amide bonds. The largest absolute Gasteiger partial charge is 0.389 e. The maximum absolute atomic E-state index is 12.8. The van der Waals surface area contributed by atoms with Crippen LogP contribution in [0.1, 0.15) is 27.2 Å². The Hall–Kier alpha value is -2.33. The lowest BCUT2D eigenvalue weighted by Gasteiger charge is -2.48. The van der Waals surface area contributed by atoms with E-state index >= 15 is 0 Å². The molecule has 4 heteroatoms. The van der Waals surface area contributed by atoms with Gasteiger partial charge < -0.3 is 15.3 Å². The number of aliphatic hydroxyl groups is 1. The van der Waals surface area contributed by atoms with Crippen molar-refractivity contribution in [3.8, 4) is 11.1 Å². The number of rotatable bonds is 2. The third-order valence-corrected chi connectivity index (χ3v) is 5.45. The first-order valence-corrected chi connectivity index (χ1v) is 8.73. The van der Waals surface area contributed by atoms with Crippen molar-refractivity contribution in [3.63, 3.8) is 0 Å². The first-order chi connectivity index (χ1) is 11.8. The van der Waals surface area contributed by atoms with E-state index < -0.39 is 5.60 Å². The average molecular weight is 338 g/mol. The molecule has 132 valence electrons. The summed E-state index contributed by atoms with van der Waals surface area (Å²) in [6, 6.07) is 17.7. The fourth-order valence-electron chi connectivity index (χ4n) is 3.25. The number of nitrogens with one attached hydrogen (secondary N) is 1. The lowest BCUT2D eigenvalue weighted by Crippen LogP contribution is -2.57. The minimum absolute atomic E-state index is 0.119. The number of likely N-dealkylation sites (tertiary alicyclic amines) is 1. The van der Waals surface area contributed by atoms with Crippen LogP contribution < -0.4 is 5.32 Å². The SMILES string of the molecule is CC1(C)CN(C(=O)Nc2ccccc2-c2ccccc2)CC[C@@]1(C)O. The van der Waals surface area contributed by atoms with Crippen molar-refractivity contribution in [1.82, 2.24) is 4.90 Å². The van der Waals surface area contributed by atoms with Gasteiger partial charge in [-0.25, -0.2) is 4.79 Å². The summed E-state index contributed by atoms with van der Waals surface area (Å²) >= 11 is 0. The summed E-state index contributed by atoms with van der Waals surface area (Å²) in [6.07, 6.45) is 0.577. The van der Waals surface area contributed by atoms with Crippen molar-refractivity contribution in [2.75, 3.05) is 18.4 Å². The molecule has 0 aromatic heterocycles. The van der Waals surface area contributed by atoms with Crippen molar-refractivity contribution in [1.29, 1.82) is 0 Å². The van der Waals surface area contributed by atoms with Gasteiger partial charge in [-0.15, -0.1) is 0 Å². The number of nitrogens with zero attached hydrogens (tertiary/aromatic N) is 1. The van der Waals surface area contributed by atoms with Gasteiger partial charge in [0.2, 0.25) is 0 Å². The van der Waals surface area contributed by atoms with Gasteiger partial charge in [0.25, 0.3) is 0 Å². The molecule has 1 fully saturated rings. The van der Waals surface area contributed by atoms with Crippen LogP contribution >= 0.6 is 0 Å². The maximum Gasteiger partial charge on any atom is 0.321 e. The zero-order valence-electron chi connectivity index (χ0n) is 15.1. The molecule has 2 aromatic carbocycles. The van der Waals surface area contributed by atoms with Gasteiger partial charge in [-0.1, -0.05) is 62.4 Å². The van der Waals surface area contributed by atoms with E-state index in [-0.39, 0.29) is 11.4 Å². The highest BCUT2D eigenvalue weighted by molar-refractivity contribution is 5.94. The zero-order valence-corrected chi connectivity index (χ0v) is 15.1. The second-order valence-corrected chi connectivity index (χ2v) is 7.67. The minimum atomic E-state index is -0.758. The summed E-state index contributed by atoms with van der Waals surface area (Å²) in [5, 5.41) is 13.6. The molecule has 1 aliphatic heterocycles. The third-order valence-electron chi connectivity index (χ3n) is 5.45. The van der Waals surface area contributed by atoms with Crippen LogP contribution in [0.5, 0.6) is 0 Å². The number of anilines is 1. The second-order valence-electron chi connectivity index (χ2n) is 7.67. The molecule has 4 nitrogen and oxygen atoms in total. The third kappa shape index (κ3) is 3.54. The van der Waals surface area contributed by atoms with E-state index in [4.69, 9.17) is 0 Å². The van der Waals surface area contributed by atoms with Gasteiger partial charge in [0.1, 0.15) is 0 Å². The van der Waals surface area contributed by atoms with Crippen LogP contribution in [-0.2, 0) is 0 Å². The van der Waals surface area contributed by atoms with E-state index in [1.165, 1.54) is 0 Å². The van der Waals surface area contributed by atoms with Crippen LogP contribution in [0.3, 0.4) is 0 Å². The molecule has 0 bridgehead atoms. The fraction of sp³-hybridized carbons (Fsp3) is 0.381. The monoisotopic (exact) mass is 338 g/mol. The predicted molar refractivity (Wildman–Crippen MR) is 101 cm³/mol. The van der Waals surface area contributed by atoms with E-state index in [2.05, 4.69) is 5.32 Å². The van der Waals surface area contributed by atoms with Gasteiger partial charge in [-0.3, -0.25) is 0 Å². The summed E-state index contributed by atoms with van der Waals surface area (Å²) < 4.78 is 0. The molecule has 1 saturated heterocycles. The number of benzene rings is 2. The molecule has 1 aliphatic rings. The van der Waals surface area contributed by atoms with Crippen molar-refractivity contribution < 1.29 is 9.90 Å². The quantitative estimate of drug-likeness (QED) is 0.854. The summed E-state index contributed by atoms with van der Waals surface area (Å²) in [6.45, 7) is 6.94. The molecule has 25 heavy (non-hydrogen) atoms. The summed E-state index contributed by atoms with van der Waals surface area (Å²) in [7, 11) is 0. The van der Waals surface area contributed by atoms with Crippen LogP contribution in [0.2, 0.25) is 0 Å². The predicted octanol–water partition coefficient (Wildman–Crippen LogP) is 4.37. The summed E-state index contributed by atoms with van der Waals surface area (Å²) in [5.41, 5.74) is 1.77. The smallest absolute Gasteiger partial charge is 0.321 e. The molecule has 0 spiro atoms. The Morgan fingerprint density at radius 3 is 2.36 bits per heavy atom. The first-order valence-electron chi connectivity index (χ1n) is 8.73. The highest BCUT2D eigenvalue weighted by Crippen LogP contribution is 2.38. The molecule has 0 saturated carbocycles. The van der Waals surface area contributed by atoms with Crippen LogP contribution in [0, 0.1) is 5.41 Å². The first kappa shape index (κ1) is 17.5. The molecule has 0 aliphatic carbocycles. The average Bonchev–Trinajstić information content (AvgIpc) is 2.58. The van der Waals surface area contributed by atoms with Gasteiger partial charge in [-0.05, 0) is 25.0 Å². The highest BCUT2D eigenvalue weighted by Gasteiger charge is 2.45. The molecule has 0 unspecified atom stereocenters. The lowest BCUT2D eigenvalue weighted by molar-refractivity contribution is -0.0946. The summed E-state index contributed by atoms with van der Waals surface area (Å²) in [5.74, 6) is 0. The Balaban J connectivity index is 1.79. The number of amides is 2. The van der Waals surface area contributed by atoms with E-state index in [0.29, 0.717) is 19.5 Å². The Morgan fingerprint density at radius 1 is 1.04 bits per heavy atom. The standard InChI is InChI=1S/C21H26N2O2/c1-20(2)15-23(14-13-21(20,3)25)19(24)22-18-12-8-7-11-17(18)16-9-5-4-6-10-16/h4-12,25H,13-15H2,1-3H3,(H,22,24)/t21-/m1/s1. The van der Waals surface area contributed by atoms with Gasteiger partial charge in [0, 0.05) is 24.1 Å². The maximum atomic E-state index is 12.8. The topological polar surface area (TPSA) is 52.6 Å². The number of carbonyl (C=O) groups excluding carboxylic acids is 1. The Bertz CT molecular complexity index is 754.